The molecule has 0 unspecified atom stereocenters. The summed E-state index contributed by atoms with van der Waals surface area (Å²) in [6, 6.07) is 11.3. The van der Waals surface area contributed by atoms with Gasteiger partial charge in [-0.15, -0.1) is 0 Å². The lowest BCUT2D eigenvalue weighted by molar-refractivity contribution is 0.0949. The molecule has 0 bridgehead atoms. The van der Waals surface area contributed by atoms with Crippen molar-refractivity contribution in [2.45, 2.75) is 20.3 Å². The van der Waals surface area contributed by atoms with Crippen LogP contribution in [0.3, 0.4) is 0 Å². The minimum Gasteiger partial charge on any atom is -0.370 e. The normalized spacial score (nSPS) is 10.6. The molecule has 0 aliphatic heterocycles. The Morgan fingerprint density at radius 3 is 2.65 bits per heavy atom. The first-order valence-electron chi connectivity index (χ1n) is 7.77. The molecular formula is C18H22ClN3O. The quantitative estimate of drug-likeness (QED) is 0.812. The molecule has 2 rings (SSSR count). The Morgan fingerprint density at radius 2 is 1.96 bits per heavy atom. The molecule has 1 aromatic heterocycles. The highest BCUT2D eigenvalue weighted by Crippen LogP contribution is 2.11. The molecule has 23 heavy (non-hydrogen) atoms. The van der Waals surface area contributed by atoms with Crippen molar-refractivity contribution in [1.82, 2.24) is 10.3 Å². The topological polar surface area (TPSA) is 54.0 Å². The highest BCUT2D eigenvalue weighted by molar-refractivity contribution is 6.30. The van der Waals surface area contributed by atoms with Gasteiger partial charge in [0, 0.05) is 29.9 Å². The molecule has 0 aliphatic rings. The van der Waals surface area contributed by atoms with Crippen molar-refractivity contribution in [1.29, 1.82) is 0 Å². The summed E-state index contributed by atoms with van der Waals surface area (Å²) in [6.45, 7) is 5.54. The van der Waals surface area contributed by atoms with E-state index in [1.807, 2.05) is 24.3 Å². The summed E-state index contributed by atoms with van der Waals surface area (Å²) in [5.41, 5.74) is 1.82. The molecule has 0 fully saturated rings. The van der Waals surface area contributed by atoms with Gasteiger partial charge in [0.05, 0.1) is 0 Å². The van der Waals surface area contributed by atoms with Gasteiger partial charge in [-0.05, 0) is 42.2 Å². The summed E-state index contributed by atoms with van der Waals surface area (Å²) >= 11 is 5.87. The van der Waals surface area contributed by atoms with Gasteiger partial charge in [0.2, 0.25) is 0 Å². The smallest absolute Gasteiger partial charge is 0.251 e. The Bertz CT molecular complexity index is 641. The molecule has 0 aliphatic carbocycles. The van der Waals surface area contributed by atoms with Gasteiger partial charge in [0.15, 0.2) is 0 Å². The molecule has 4 nitrogen and oxygen atoms in total. The Hall–Kier alpha value is -2.07. The summed E-state index contributed by atoms with van der Waals surface area (Å²) in [5.74, 6) is 1.07. The van der Waals surface area contributed by atoms with Crippen LogP contribution in [0.4, 0.5) is 5.82 Å². The van der Waals surface area contributed by atoms with Crippen molar-refractivity contribution in [2.75, 3.05) is 18.4 Å². The van der Waals surface area contributed by atoms with Crippen molar-refractivity contribution in [3.63, 3.8) is 0 Å². The predicted octanol–water partition coefficient (Wildman–Crippen LogP) is 3.78. The summed E-state index contributed by atoms with van der Waals surface area (Å²) in [7, 11) is 0. The standard InChI is InChI=1S/C18H22ClN3O/c1-13(2)12-22-18(23)15-8-10-21-17(11-15)20-9-7-14-3-5-16(19)6-4-14/h3-6,8,10-11,13H,7,9,12H2,1-2H3,(H,20,21)(H,22,23). The fraction of sp³-hybridized carbons (Fsp3) is 0.333. The Morgan fingerprint density at radius 1 is 1.22 bits per heavy atom. The van der Waals surface area contributed by atoms with Crippen LogP contribution in [0.1, 0.15) is 29.8 Å². The van der Waals surface area contributed by atoms with E-state index in [0.717, 1.165) is 18.0 Å². The Kier molecular flexibility index (Phi) is 6.41. The first-order chi connectivity index (χ1) is 11.0. The zero-order valence-corrected chi connectivity index (χ0v) is 14.2. The van der Waals surface area contributed by atoms with Crippen LogP contribution in [-0.2, 0) is 6.42 Å². The molecule has 0 spiro atoms. The van der Waals surface area contributed by atoms with E-state index in [0.29, 0.717) is 23.8 Å². The van der Waals surface area contributed by atoms with Crippen LogP contribution >= 0.6 is 11.6 Å². The third kappa shape index (κ3) is 5.91. The molecule has 2 aromatic rings. The van der Waals surface area contributed by atoms with Crippen molar-refractivity contribution in [3.8, 4) is 0 Å². The SMILES string of the molecule is CC(C)CNC(=O)c1ccnc(NCCc2ccc(Cl)cc2)c1. The number of anilines is 1. The number of pyridine rings is 1. The molecule has 122 valence electrons. The second-order valence-corrected chi connectivity index (χ2v) is 6.27. The average molecular weight is 332 g/mol. The lowest BCUT2D eigenvalue weighted by Crippen LogP contribution is -2.27. The molecule has 0 radical (unpaired) electrons. The van der Waals surface area contributed by atoms with Crippen LogP contribution in [0.25, 0.3) is 0 Å². The Labute approximate surface area is 142 Å². The maximum atomic E-state index is 12.0. The lowest BCUT2D eigenvalue weighted by Gasteiger charge is -2.09. The number of aromatic nitrogens is 1. The zero-order chi connectivity index (χ0) is 16.7. The number of benzene rings is 1. The van der Waals surface area contributed by atoms with Gasteiger partial charge in [0.1, 0.15) is 5.82 Å². The van der Waals surface area contributed by atoms with Gasteiger partial charge >= 0.3 is 0 Å². The Balaban J connectivity index is 1.87. The highest BCUT2D eigenvalue weighted by atomic mass is 35.5. The van der Waals surface area contributed by atoms with Gasteiger partial charge in [-0.2, -0.15) is 0 Å². The molecule has 5 heteroatoms. The molecule has 1 heterocycles. The summed E-state index contributed by atoms with van der Waals surface area (Å²) in [6.07, 6.45) is 2.51. The maximum Gasteiger partial charge on any atom is 0.251 e. The summed E-state index contributed by atoms with van der Waals surface area (Å²) < 4.78 is 0. The highest BCUT2D eigenvalue weighted by Gasteiger charge is 2.07. The van der Waals surface area contributed by atoms with E-state index < -0.39 is 0 Å². The lowest BCUT2D eigenvalue weighted by atomic mass is 10.1. The largest absolute Gasteiger partial charge is 0.370 e. The fourth-order valence-corrected chi connectivity index (χ4v) is 2.18. The number of amides is 1. The van der Waals surface area contributed by atoms with E-state index in [2.05, 4.69) is 29.5 Å². The maximum absolute atomic E-state index is 12.0. The van der Waals surface area contributed by atoms with Gasteiger partial charge in [-0.25, -0.2) is 4.98 Å². The molecule has 1 aromatic carbocycles. The number of hydrogen-bond acceptors (Lipinski definition) is 3. The van der Waals surface area contributed by atoms with E-state index in [1.165, 1.54) is 5.56 Å². The third-order valence-corrected chi connectivity index (χ3v) is 3.58. The van der Waals surface area contributed by atoms with Crippen LogP contribution in [0.15, 0.2) is 42.6 Å². The minimum absolute atomic E-state index is 0.0677. The number of halogens is 1. The second kappa shape index (κ2) is 8.53. The molecular weight excluding hydrogens is 310 g/mol. The van der Waals surface area contributed by atoms with Crippen molar-refractivity contribution in [3.05, 3.63) is 58.7 Å². The summed E-state index contributed by atoms with van der Waals surface area (Å²) in [5, 5.41) is 6.89. The summed E-state index contributed by atoms with van der Waals surface area (Å²) in [4.78, 5) is 16.3. The molecule has 1 amide bonds. The van der Waals surface area contributed by atoms with Crippen LogP contribution in [0.2, 0.25) is 5.02 Å². The zero-order valence-electron chi connectivity index (χ0n) is 13.5. The molecule has 2 N–H and O–H groups in total. The van der Waals surface area contributed by atoms with E-state index >= 15 is 0 Å². The van der Waals surface area contributed by atoms with Gasteiger partial charge in [0.25, 0.3) is 5.91 Å². The van der Waals surface area contributed by atoms with Crippen LogP contribution in [0.5, 0.6) is 0 Å². The van der Waals surface area contributed by atoms with Crippen molar-refractivity contribution < 1.29 is 4.79 Å². The van der Waals surface area contributed by atoms with E-state index in [9.17, 15) is 4.79 Å². The number of nitrogens with one attached hydrogen (secondary N) is 2. The predicted molar refractivity (Wildman–Crippen MR) is 95.1 cm³/mol. The molecule has 0 atom stereocenters. The first kappa shape index (κ1) is 17.3. The minimum atomic E-state index is -0.0677. The molecule has 0 saturated carbocycles. The number of carbonyl (C=O) groups is 1. The van der Waals surface area contributed by atoms with Crippen molar-refractivity contribution in [2.24, 2.45) is 5.92 Å². The van der Waals surface area contributed by atoms with E-state index in [1.54, 1.807) is 18.3 Å². The number of nitrogens with zero attached hydrogens (tertiary/aromatic N) is 1. The second-order valence-electron chi connectivity index (χ2n) is 5.84. The van der Waals surface area contributed by atoms with Crippen LogP contribution in [-0.4, -0.2) is 24.0 Å². The number of hydrogen-bond donors (Lipinski definition) is 2. The van der Waals surface area contributed by atoms with Gasteiger partial charge < -0.3 is 10.6 Å². The third-order valence-electron chi connectivity index (χ3n) is 3.33. The van der Waals surface area contributed by atoms with E-state index in [-0.39, 0.29) is 5.91 Å². The van der Waals surface area contributed by atoms with E-state index in [4.69, 9.17) is 11.6 Å². The fourth-order valence-electron chi connectivity index (χ4n) is 2.05. The number of carbonyl (C=O) groups excluding carboxylic acids is 1. The first-order valence-corrected chi connectivity index (χ1v) is 8.15. The van der Waals surface area contributed by atoms with Gasteiger partial charge in [-0.3, -0.25) is 4.79 Å². The van der Waals surface area contributed by atoms with Crippen LogP contribution in [0, 0.1) is 5.92 Å². The molecule has 0 saturated heterocycles. The average Bonchev–Trinajstić information content (AvgIpc) is 2.55. The van der Waals surface area contributed by atoms with Crippen LogP contribution < -0.4 is 10.6 Å². The number of rotatable bonds is 7. The monoisotopic (exact) mass is 331 g/mol. The van der Waals surface area contributed by atoms with Crippen molar-refractivity contribution >= 4 is 23.3 Å². The van der Waals surface area contributed by atoms with Gasteiger partial charge in [-0.1, -0.05) is 37.6 Å².